The van der Waals surface area contributed by atoms with Crippen molar-refractivity contribution in [2.24, 2.45) is 0 Å². The number of rotatable bonds is 3. The molecule has 1 aliphatic rings. The molecule has 4 heteroatoms. The van der Waals surface area contributed by atoms with Crippen LogP contribution in [0, 0.1) is 6.92 Å². The molecule has 0 radical (unpaired) electrons. The van der Waals surface area contributed by atoms with E-state index in [-0.39, 0.29) is 11.9 Å². The molecule has 0 bridgehead atoms. The molecular weight excluding hydrogens is 281 g/mol. The van der Waals surface area contributed by atoms with E-state index in [2.05, 4.69) is 0 Å². The van der Waals surface area contributed by atoms with Gasteiger partial charge < -0.3 is 4.90 Å². The van der Waals surface area contributed by atoms with Crippen molar-refractivity contribution in [3.8, 4) is 0 Å². The van der Waals surface area contributed by atoms with E-state index in [1.54, 1.807) is 6.07 Å². The summed E-state index contributed by atoms with van der Waals surface area (Å²) >= 11 is 11.8. The topological polar surface area (TPSA) is 20.3 Å². The summed E-state index contributed by atoms with van der Waals surface area (Å²) in [6, 6.07) is 5.73. The first-order chi connectivity index (χ1) is 9.13. The lowest BCUT2D eigenvalue weighted by Crippen LogP contribution is -2.44. The largest absolute Gasteiger partial charge is 0.336 e. The number of aryl methyl sites for hydroxylation is 1. The Morgan fingerprint density at radius 3 is 2.89 bits per heavy atom. The number of hydrogen-bond donors (Lipinski definition) is 0. The number of likely N-dealkylation sites (tertiary alicyclic amines) is 1. The number of nitrogens with zero attached hydrogens (tertiary/aromatic N) is 1. The van der Waals surface area contributed by atoms with E-state index < -0.39 is 0 Å². The number of piperidine rings is 1. The Bertz CT molecular complexity index is 459. The standard InChI is InChI=1S/C15H19Cl2NO/c1-11-10-12(17)5-6-14(11)15(19)18-9-3-2-4-13(18)7-8-16/h5-6,10,13H,2-4,7-9H2,1H3. The van der Waals surface area contributed by atoms with Gasteiger partial charge in [0, 0.05) is 29.1 Å². The molecule has 1 fully saturated rings. The maximum Gasteiger partial charge on any atom is 0.254 e. The van der Waals surface area contributed by atoms with Crippen LogP contribution < -0.4 is 0 Å². The molecule has 1 unspecified atom stereocenters. The zero-order chi connectivity index (χ0) is 13.8. The first-order valence-corrected chi connectivity index (χ1v) is 7.68. The minimum Gasteiger partial charge on any atom is -0.336 e. The van der Waals surface area contributed by atoms with Gasteiger partial charge in [0.2, 0.25) is 0 Å². The van der Waals surface area contributed by atoms with Gasteiger partial charge in [-0.25, -0.2) is 0 Å². The van der Waals surface area contributed by atoms with Crippen LogP contribution in [0.5, 0.6) is 0 Å². The van der Waals surface area contributed by atoms with Crippen molar-refractivity contribution in [3.05, 3.63) is 34.3 Å². The van der Waals surface area contributed by atoms with Crippen LogP contribution in [0.15, 0.2) is 18.2 Å². The van der Waals surface area contributed by atoms with Crippen molar-refractivity contribution in [3.63, 3.8) is 0 Å². The van der Waals surface area contributed by atoms with Crippen molar-refractivity contribution < 1.29 is 4.79 Å². The average molecular weight is 300 g/mol. The number of amides is 1. The van der Waals surface area contributed by atoms with Crippen molar-refractivity contribution in [1.29, 1.82) is 0 Å². The Balaban J connectivity index is 2.21. The first kappa shape index (κ1) is 14.7. The Morgan fingerprint density at radius 1 is 1.42 bits per heavy atom. The lowest BCUT2D eigenvalue weighted by molar-refractivity contribution is 0.0608. The molecule has 1 atom stereocenters. The molecule has 19 heavy (non-hydrogen) atoms. The number of halogens is 2. The molecule has 0 aliphatic carbocycles. The van der Waals surface area contributed by atoms with E-state index in [1.165, 1.54) is 6.42 Å². The maximum atomic E-state index is 12.7. The van der Waals surface area contributed by atoms with Crippen LogP contribution >= 0.6 is 23.2 Å². The van der Waals surface area contributed by atoms with E-state index in [9.17, 15) is 4.79 Å². The normalized spacial score (nSPS) is 19.5. The van der Waals surface area contributed by atoms with Crippen molar-refractivity contribution in [2.75, 3.05) is 12.4 Å². The second kappa shape index (κ2) is 6.62. The summed E-state index contributed by atoms with van der Waals surface area (Å²) in [4.78, 5) is 14.6. The number of carbonyl (C=O) groups excluding carboxylic acids is 1. The van der Waals surface area contributed by atoms with Gasteiger partial charge in [0.05, 0.1) is 0 Å². The molecule has 0 aromatic heterocycles. The maximum absolute atomic E-state index is 12.7. The Kier molecular flexibility index (Phi) is 5.12. The number of carbonyl (C=O) groups is 1. The zero-order valence-corrected chi connectivity index (χ0v) is 12.7. The van der Waals surface area contributed by atoms with Crippen molar-refractivity contribution in [2.45, 2.75) is 38.6 Å². The summed E-state index contributed by atoms with van der Waals surface area (Å²) in [5.41, 5.74) is 1.69. The van der Waals surface area contributed by atoms with Crippen molar-refractivity contribution >= 4 is 29.1 Å². The highest BCUT2D eigenvalue weighted by Crippen LogP contribution is 2.24. The van der Waals surface area contributed by atoms with E-state index >= 15 is 0 Å². The van der Waals surface area contributed by atoms with Gasteiger partial charge in [0.25, 0.3) is 5.91 Å². The molecule has 0 spiro atoms. The third-order valence-electron chi connectivity index (χ3n) is 3.75. The number of benzene rings is 1. The van der Waals surface area contributed by atoms with Crippen LogP contribution in [0.1, 0.15) is 41.6 Å². The Hall–Kier alpha value is -0.730. The van der Waals surface area contributed by atoms with Crippen LogP contribution in [0.4, 0.5) is 0 Å². The van der Waals surface area contributed by atoms with Crippen LogP contribution in [-0.2, 0) is 0 Å². The van der Waals surface area contributed by atoms with Crippen LogP contribution in [-0.4, -0.2) is 29.3 Å². The highest BCUT2D eigenvalue weighted by Gasteiger charge is 2.27. The minimum atomic E-state index is 0.115. The van der Waals surface area contributed by atoms with E-state index in [0.717, 1.165) is 36.9 Å². The van der Waals surface area contributed by atoms with Gasteiger partial charge in [-0.15, -0.1) is 11.6 Å². The van der Waals surface area contributed by atoms with E-state index in [1.807, 2.05) is 24.0 Å². The first-order valence-electron chi connectivity index (χ1n) is 6.76. The smallest absolute Gasteiger partial charge is 0.254 e. The molecule has 1 saturated heterocycles. The fraction of sp³-hybridized carbons (Fsp3) is 0.533. The quantitative estimate of drug-likeness (QED) is 0.763. The molecule has 0 saturated carbocycles. The third kappa shape index (κ3) is 3.43. The predicted molar refractivity (Wildman–Crippen MR) is 80.2 cm³/mol. The van der Waals surface area contributed by atoms with Crippen LogP contribution in [0.3, 0.4) is 0 Å². The monoisotopic (exact) mass is 299 g/mol. The third-order valence-corrected chi connectivity index (χ3v) is 4.20. The summed E-state index contributed by atoms with van der Waals surface area (Å²) in [6.45, 7) is 2.77. The van der Waals surface area contributed by atoms with Gasteiger partial charge in [-0.2, -0.15) is 0 Å². The highest BCUT2D eigenvalue weighted by atomic mass is 35.5. The molecule has 0 N–H and O–H groups in total. The number of alkyl halides is 1. The van der Waals surface area contributed by atoms with Gasteiger partial charge in [0.1, 0.15) is 0 Å². The van der Waals surface area contributed by atoms with Crippen LogP contribution in [0.2, 0.25) is 5.02 Å². The SMILES string of the molecule is Cc1cc(Cl)ccc1C(=O)N1CCCCC1CCCl. The minimum absolute atomic E-state index is 0.115. The summed E-state index contributed by atoms with van der Waals surface area (Å²) in [6.07, 6.45) is 4.20. The summed E-state index contributed by atoms with van der Waals surface area (Å²) in [7, 11) is 0. The molecule has 1 aliphatic heterocycles. The molecule has 2 rings (SSSR count). The van der Waals surface area contributed by atoms with Gasteiger partial charge in [-0.3, -0.25) is 4.79 Å². The predicted octanol–water partition coefficient (Wildman–Crippen LogP) is 4.27. The Labute approximate surface area is 124 Å². The molecule has 1 amide bonds. The van der Waals surface area contributed by atoms with Gasteiger partial charge in [0.15, 0.2) is 0 Å². The lowest BCUT2D eigenvalue weighted by Gasteiger charge is -2.36. The van der Waals surface area contributed by atoms with Gasteiger partial charge in [-0.1, -0.05) is 11.6 Å². The fourth-order valence-electron chi connectivity index (χ4n) is 2.72. The molecule has 104 valence electrons. The molecule has 1 heterocycles. The Morgan fingerprint density at radius 2 is 2.21 bits per heavy atom. The van der Waals surface area contributed by atoms with Gasteiger partial charge >= 0.3 is 0 Å². The molecule has 2 nitrogen and oxygen atoms in total. The second-order valence-electron chi connectivity index (χ2n) is 5.09. The highest BCUT2D eigenvalue weighted by molar-refractivity contribution is 6.30. The van der Waals surface area contributed by atoms with Crippen LogP contribution in [0.25, 0.3) is 0 Å². The summed E-state index contributed by atoms with van der Waals surface area (Å²) < 4.78 is 0. The second-order valence-corrected chi connectivity index (χ2v) is 5.90. The van der Waals surface area contributed by atoms with E-state index in [0.29, 0.717) is 10.9 Å². The summed E-state index contributed by atoms with van der Waals surface area (Å²) in [5, 5.41) is 0.671. The van der Waals surface area contributed by atoms with Gasteiger partial charge in [-0.05, 0) is 56.4 Å². The summed E-state index contributed by atoms with van der Waals surface area (Å²) in [5.74, 6) is 0.720. The lowest BCUT2D eigenvalue weighted by atomic mass is 9.98. The van der Waals surface area contributed by atoms with E-state index in [4.69, 9.17) is 23.2 Å². The molecule has 1 aromatic carbocycles. The fourth-order valence-corrected chi connectivity index (χ4v) is 3.19. The molecular formula is C15H19Cl2NO. The number of hydrogen-bond acceptors (Lipinski definition) is 1. The molecule has 1 aromatic rings. The van der Waals surface area contributed by atoms with Crippen molar-refractivity contribution in [1.82, 2.24) is 4.90 Å². The zero-order valence-electron chi connectivity index (χ0n) is 11.2. The average Bonchev–Trinajstić information content (AvgIpc) is 2.39.